The fraction of sp³-hybridized carbons (Fsp3) is 0.933. The van der Waals surface area contributed by atoms with E-state index in [1.165, 1.54) is 25.7 Å². The summed E-state index contributed by atoms with van der Waals surface area (Å²) in [6.07, 6.45) is 3.40. The summed E-state index contributed by atoms with van der Waals surface area (Å²) in [4.78, 5) is 11.6. The Labute approximate surface area is 126 Å². The first-order valence-corrected chi connectivity index (χ1v) is 7.92. The van der Waals surface area contributed by atoms with Crippen LogP contribution in [0.2, 0.25) is 0 Å². The molecular weight excluding hydrogens is 276 g/mol. The van der Waals surface area contributed by atoms with Gasteiger partial charge < -0.3 is 24.8 Å². The fourth-order valence-electron chi connectivity index (χ4n) is 2.38. The van der Waals surface area contributed by atoms with Crippen molar-refractivity contribution in [2.45, 2.75) is 82.9 Å². The van der Waals surface area contributed by atoms with E-state index in [0.29, 0.717) is 0 Å². The highest BCUT2D eigenvalue weighted by molar-refractivity contribution is 5.69. The van der Waals surface area contributed by atoms with Crippen molar-refractivity contribution < 1.29 is 29.6 Å². The molecule has 124 valence electrons. The van der Waals surface area contributed by atoms with E-state index < -0.39 is 37.2 Å². The number of esters is 1. The number of carbonyl (C=O) groups is 1. The zero-order chi connectivity index (χ0) is 15.7. The molecule has 1 aliphatic rings. The van der Waals surface area contributed by atoms with E-state index in [0.717, 1.165) is 19.3 Å². The molecule has 0 aromatic heterocycles. The molecular formula is C15H28O6. The predicted molar refractivity (Wildman–Crippen MR) is 76.5 cm³/mol. The summed E-state index contributed by atoms with van der Waals surface area (Å²) in [5.41, 5.74) is 0. The Morgan fingerprint density at radius 1 is 1.05 bits per heavy atom. The van der Waals surface area contributed by atoms with Gasteiger partial charge in [0.25, 0.3) is 0 Å². The van der Waals surface area contributed by atoms with Gasteiger partial charge in [0.05, 0.1) is 6.61 Å². The summed E-state index contributed by atoms with van der Waals surface area (Å²) in [6.45, 7) is 1.75. The molecule has 0 bridgehead atoms. The second kappa shape index (κ2) is 10.1. The molecule has 6 heteroatoms. The molecule has 0 spiro atoms. The van der Waals surface area contributed by atoms with Crippen LogP contribution >= 0.6 is 0 Å². The average Bonchev–Trinajstić information content (AvgIpc) is 2.74. The van der Waals surface area contributed by atoms with Gasteiger partial charge in [0.2, 0.25) is 6.29 Å². The van der Waals surface area contributed by atoms with Crippen molar-refractivity contribution in [1.82, 2.24) is 0 Å². The number of unbranched alkanes of at least 4 members (excludes halogenated alkanes) is 6. The second-order valence-corrected chi connectivity index (χ2v) is 5.57. The molecule has 0 aromatic rings. The van der Waals surface area contributed by atoms with Crippen LogP contribution in [0.5, 0.6) is 0 Å². The van der Waals surface area contributed by atoms with Gasteiger partial charge in [-0.15, -0.1) is 0 Å². The molecule has 1 aliphatic heterocycles. The van der Waals surface area contributed by atoms with Crippen LogP contribution in [0.15, 0.2) is 0 Å². The first-order valence-electron chi connectivity index (χ1n) is 7.92. The van der Waals surface area contributed by atoms with Crippen molar-refractivity contribution in [2.75, 3.05) is 6.61 Å². The predicted octanol–water partition coefficient (Wildman–Crippen LogP) is 1.11. The van der Waals surface area contributed by atoms with Crippen LogP contribution in [-0.4, -0.2) is 52.5 Å². The van der Waals surface area contributed by atoms with Crippen LogP contribution in [-0.2, 0) is 14.3 Å². The van der Waals surface area contributed by atoms with Gasteiger partial charge in [-0.2, -0.15) is 0 Å². The minimum absolute atomic E-state index is 0.278. The highest BCUT2D eigenvalue weighted by atomic mass is 16.7. The second-order valence-electron chi connectivity index (χ2n) is 5.57. The van der Waals surface area contributed by atoms with Crippen molar-refractivity contribution in [3.8, 4) is 0 Å². The molecule has 0 radical (unpaired) electrons. The molecule has 1 saturated heterocycles. The van der Waals surface area contributed by atoms with Crippen molar-refractivity contribution in [2.24, 2.45) is 0 Å². The van der Waals surface area contributed by atoms with Crippen LogP contribution in [0, 0.1) is 0 Å². The SMILES string of the molecule is CCCCCCCCCC(=O)OC1O[C@H](CO)[C@@H](O)[C@H]1O. The Balaban J connectivity index is 2.11. The molecule has 1 rings (SSSR count). The quantitative estimate of drug-likeness (QED) is 0.413. The summed E-state index contributed by atoms with van der Waals surface area (Å²) in [6, 6.07) is 0. The first kappa shape index (κ1) is 18.4. The number of hydrogen-bond acceptors (Lipinski definition) is 6. The topological polar surface area (TPSA) is 96.2 Å². The number of carbonyl (C=O) groups excluding carboxylic acids is 1. The molecule has 21 heavy (non-hydrogen) atoms. The van der Waals surface area contributed by atoms with E-state index in [1.807, 2.05) is 0 Å². The summed E-state index contributed by atoms with van der Waals surface area (Å²) in [5, 5.41) is 28.1. The Morgan fingerprint density at radius 2 is 1.67 bits per heavy atom. The lowest BCUT2D eigenvalue weighted by Crippen LogP contribution is -2.35. The Bertz CT molecular complexity index is 296. The molecule has 6 nitrogen and oxygen atoms in total. The maximum atomic E-state index is 11.6. The normalized spacial score (nSPS) is 28.8. The van der Waals surface area contributed by atoms with Gasteiger partial charge in [-0.1, -0.05) is 45.4 Å². The molecule has 1 unspecified atom stereocenters. The summed E-state index contributed by atoms with van der Waals surface area (Å²) in [7, 11) is 0. The van der Waals surface area contributed by atoms with E-state index in [2.05, 4.69) is 6.92 Å². The molecule has 4 atom stereocenters. The van der Waals surface area contributed by atoms with Crippen molar-refractivity contribution in [3.63, 3.8) is 0 Å². The molecule has 1 fully saturated rings. The van der Waals surface area contributed by atoms with E-state index in [-0.39, 0.29) is 6.42 Å². The Kier molecular flexibility index (Phi) is 8.84. The zero-order valence-corrected chi connectivity index (χ0v) is 12.7. The van der Waals surface area contributed by atoms with Gasteiger partial charge in [0.15, 0.2) is 0 Å². The molecule has 1 heterocycles. The van der Waals surface area contributed by atoms with Gasteiger partial charge in [-0.25, -0.2) is 0 Å². The molecule has 0 aromatic carbocycles. The van der Waals surface area contributed by atoms with E-state index in [9.17, 15) is 15.0 Å². The van der Waals surface area contributed by atoms with Crippen molar-refractivity contribution in [1.29, 1.82) is 0 Å². The van der Waals surface area contributed by atoms with E-state index in [1.54, 1.807) is 0 Å². The fourth-order valence-corrected chi connectivity index (χ4v) is 2.38. The van der Waals surface area contributed by atoms with Crippen LogP contribution in [0.4, 0.5) is 0 Å². The largest absolute Gasteiger partial charge is 0.433 e. The van der Waals surface area contributed by atoms with Crippen molar-refractivity contribution >= 4 is 5.97 Å². The lowest BCUT2D eigenvalue weighted by Gasteiger charge is -2.15. The Hall–Kier alpha value is -0.690. The van der Waals surface area contributed by atoms with E-state index >= 15 is 0 Å². The molecule has 0 saturated carbocycles. The van der Waals surface area contributed by atoms with Crippen LogP contribution in [0.1, 0.15) is 58.3 Å². The van der Waals surface area contributed by atoms with Gasteiger partial charge in [0.1, 0.15) is 18.3 Å². The molecule has 0 amide bonds. The standard InChI is InChI=1S/C15H28O6/c1-2-3-4-5-6-7-8-9-12(17)21-15-14(19)13(18)11(10-16)20-15/h11,13-16,18-19H,2-10H2,1H3/t11-,13-,14-,15?/m1/s1. The lowest BCUT2D eigenvalue weighted by molar-refractivity contribution is -0.190. The van der Waals surface area contributed by atoms with Gasteiger partial charge in [-0.05, 0) is 6.42 Å². The highest BCUT2D eigenvalue weighted by Gasteiger charge is 2.44. The van der Waals surface area contributed by atoms with Gasteiger partial charge in [-0.3, -0.25) is 4.79 Å². The van der Waals surface area contributed by atoms with Crippen LogP contribution in [0.3, 0.4) is 0 Å². The zero-order valence-electron chi connectivity index (χ0n) is 12.7. The van der Waals surface area contributed by atoms with Crippen LogP contribution < -0.4 is 0 Å². The lowest BCUT2D eigenvalue weighted by atomic mass is 10.1. The Morgan fingerprint density at radius 3 is 2.24 bits per heavy atom. The third-order valence-corrected chi connectivity index (χ3v) is 3.73. The van der Waals surface area contributed by atoms with Gasteiger partial charge in [0, 0.05) is 6.42 Å². The summed E-state index contributed by atoms with van der Waals surface area (Å²) >= 11 is 0. The highest BCUT2D eigenvalue weighted by Crippen LogP contribution is 2.22. The number of rotatable bonds is 10. The monoisotopic (exact) mass is 304 g/mol. The molecule has 0 aliphatic carbocycles. The third-order valence-electron chi connectivity index (χ3n) is 3.73. The molecule has 3 N–H and O–H groups in total. The minimum atomic E-state index is -1.31. The number of aliphatic hydroxyl groups excluding tert-OH is 3. The maximum Gasteiger partial charge on any atom is 0.308 e. The number of hydrogen-bond donors (Lipinski definition) is 3. The van der Waals surface area contributed by atoms with Crippen LogP contribution in [0.25, 0.3) is 0 Å². The smallest absolute Gasteiger partial charge is 0.308 e. The summed E-state index contributed by atoms with van der Waals surface area (Å²) < 4.78 is 10.1. The average molecular weight is 304 g/mol. The summed E-state index contributed by atoms with van der Waals surface area (Å²) in [5.74, 6) is -0.446. The minimum Gasteiger partial charge on any atom is -0.433 e. The van der Waals surface area contributed by atoms with Gasteiger partial charge >= 0.3 is 5.97 Å². The van der Waals surface area contributed by atoms with Crippen molar-refractivity contribution in [3.05, 3.63) is 0 Å². The first-order chi connectivity index (χ1) is 10.1. The third kappa shape index (κ3) is 6.30. The number of aliphatic hydroxyl groups is 3. The van der Waals surface area contributed by atoms with E-state index in [4.69, 9.17) is 14.6 Å². The number of ether oxygens (including phenoxy) is 2. The maximum absolute atomic E-state index is 11.6.